The van der Waals surface area contributed by atoms with E-state index in [1.807, 2.05) is 42.5 Å². The molecule has 0 aliphatic carbocycles. The summed E-state index contributed by atoms with van der Waals surface area (Å²) >= 11 is 0. The summed E-state index contributed by atoms with van der Waals surface area (Å²) in [5.41, 5.74) is 1.60. The Morgan fingerprint density at radius 1 is 0.949 bits per heavy atom. The number of hydrogen-bond donors (Lipinski definition) is 2. The molecule has 0 saturated carbocycles. The number of halogens is 1. The number of carbonyl (C=O) groups is 4. The third kappa shape index (κ3) is 6.42. The van der Waals surface area contributed by atoms with Crippen LogP contribution in [-0.2, 0) is 32.0 Å². The van der Waals surface area contributed by atoms with Crippen molar-refractivity contribution in [2.45, 2.75) is 44.8 Å². The highest BCUT2D eigenvalue weighted by Gasteiger charge is 2.41. The van der Waals surface area contributed by atoms with Gasteiger partial charge in [-0.2, -0.15) is 0 Å². The molecule has 4 rings (SSSR count). The Morgan fingerprint density at radius 3 is 2.28 bits per heavy atom. The second-order valence-corrected chi connectivity index (χ2v) is 9.84. The Hall–Kier alpha value is -4.27. The van der Waals surface area contributed by atoms with Gasteiger partial charge >= 0.3 is 0 Å². The maximum atomic E-state index is 13.6. The lowest BCUT2D eigenvalue weighted by atomic mass is 9.98. The minimum Gasteiger partial charge on any atom is -0.357 e. The Labute approximate surface area is 227 Å². The molecule has 3 aromatic carbocycles. The Kier molecular flexibility index (Phi) is 8.59. The van der Waals surface area contributed by atoms with E-state index in [-0.39, 0.29) is 37.2 Å². The fourth-order valence-corrected chi connectivity index (χ4v) is 5.10. The molecule has 3 aromatic rings. The van der Waals surface area contributed by atoms with Gasteiger partial charge in [0, 0.05) is 39.9 Å². The summed E-state index contributed by atoms with van der Waals surface area (Å²) in [7, 11) is 1.54. The molecule has 1 aliphatic heterocycles. The largest absolute Gasteiger partial charge is 0.357 e. The Balaban J connectivity index is 1.52. The number of piperazine rings is 1. The first-order valence-electron chi connectivity index (χ1n) is 13.0. The number of nitrogens with zero attached hydrogens (tertiary/aromatic N) is 2. The van der Waals surface area contributed by atoms with Crippen molar-refractivity contribution in [3.8, 4) is 0 Å². The molecule has 3 atom stereocenters. The van der Waals surface area contributed by atoms with Crippen molar-refractivity contribution < 1.29 is 23.6 Å². The number of rotatable bonds is 8. The van der Waals surface area contributed by atoms with E-state index in [1.165, 1.54) is 35.9 Å². The van der Waals surface area contributed by atoms with E-state index in [0.29, 0.717) is 12.0 Å². The summed E-state index contributed by atoms with van der Waals surface area (Å²) < 4.78 is 13.4. The lowest BCUT2D eigenvalue weighted by Crippen LogP contribution is -2.64. The molecule has 3 unspecified atom stereocenters. The van der Waals surface area contributed by atoms with Gasteiger partial charge in [0.1, 0.15) is 23.9 Å². The van der Waals surface area contributed by atoms with Gasteiger partial charge in [0.15, 0.2) is 0 Å². The predicted octanol–water partition coefficient (Wildman–Crippen LogP) is 2.44. The van der Waals surface area contributed by atoms with Gasteiger partial charge in [-0.1, -0.05) is 54.6 Å². The highest BCUT2D eigenvalue weighted by molar-refractivity contribution is 5.95. The number of fused-ring (bicyclic) bond motifs is 1. The monoisotopic (exact) mass is 532 g/mol. The summed E-state index contributed by atoms with van der Waals surface area (Å²) in [6.45, 7) is 3.32. The van der Waals surface area contributed by atoms with Crippen LogP contribution in [-0.4, -0.2) is 71.7 Å². The molecule has 4 amide bonds. The fourth-order valence-electron chi connectivity index (χ4n) is 5.10. The standard InChI is InChI=1S/C30H33FN4O4/c1-19-29(38)35(27(28(37)32-3)18-22-8-11-23-6-4-5-7-24(23)16-22)15-14-34(19)30(39)26(33-20(2)36)17-21-9-12-25(31)13-10-21/h4-13,16,19,26-27H,14-15,17-18H2,1-3H3,(H,32,37)(H,33,36). The highest BCUT2D eigenvalue weighted by Crippen LogP contribution is 2.22. The molecule has 1 saturated heterocycles. The van der Waals surface area contributed by atoms with E-state index >= 15 is 0 Å². The minimum absolute atomic E-state index is 0.155. The van der Waals surface area contributed by atoms with Crippen LogP contribution < -0.4 is 10.6 Å². The van der Waals surface area contributed by atoms with Crippen molar-refractivity contribution in [1.29, 1.82) is 0 Å². The molecule has 204 valence electrons. The second-order valence-electron chi connectivity index (χ2n) is 9.84. The van der Waals surface area contributed by atoms with Crippen molar-refractivity contribution in [3.63, 3.8) is 0 Å². The molecule has 2 N–H and O–H groups in total. The SMILES string of the molecule is CNC(=O)C(Cc1ccc2ccccc2c1)N1CCN(C(=O)C(Cc2ccc(F)cc2)NC(C)=O)C(C)C1=O. The first kappa shape index (κ1) is 27.8. The maximum absolute atomic E-state index is 13.6. The van der Waals surface area contributed by atoms with Gasteiger partial charge in [-0.3, -0.25) is 19.2 Å². The van der Waals surface area contributed by atoms with Gasteiger partial charge in [0.2, 0.25) is 23.6 Å². The predicted molar refractivity (Wildman–Crippen MR) is 146 cm³/mol. The molecule has 1 aliphatic rings. The molecule has 8 nitrogen and oxygen atoms in total. The van der Waals surface area contributed by atoms with E-state index in [2.05, 4.69) is 10.6 Å². The number of hydrogen-bond acceptors (Lipinski definition) is 4. The average molecular weight is 533 g/mol. The zero-order valence-corrected chi connectivity index (χ0v) is 22.3. The van der Waals surface area contributed by atoms with Gasteiger partial charge in [-0.15, -0.1) is 0 Å². The summed E-state index contributed by atoms with van der Waals surface area (Å²) in [5, 5.41) is 7.48. The van der Waals surface area contributed by atoms with Crippen molar-refractivity contribution in [2.75, 3.05) is 20.1 Å². The maximum Gasteiger partial charge on any atom is 0.246 e. The number of nitrogens with one attached hydrogen (secondary N) is 2. The van der Waals surface area contributed by atoms with Crippen LogP contribution in [0.25, 0.3) is 10.8 Å². The van der Waals surface area contributed by atoms with Gasteiger partial charge in [-0.25, -0.2) is 4.39 Å². The van der Waals surface area contributed by atoms with Crippen molar-refractivity contribution in [3.05, 3.63) is 83.7 Å². The lowest BCUT2D eigenvalue weighted by molar-refractivity contribution is -0.156. The quantitative estimate of drug-likeness (QED) is 0.466. The summed E-state index contributed by atoms with van der Waals surface area (Å²) in [5.74, 6) is -1.81. The van der Waals surface area contributed by atoms with Crippen LogP contribution in [0.4, 0.5) is 4.39 Å². The van der Waals surface area contributed by atoms with Crippen LogP contribution in [0.2, 0.25) is 0 Å². The smallest absolute Gasteiger partial charge is 0.246 e. The molecule has 0 radical (unpaired) electrons. The third-order valence-electron chi connectivity index (χ3n) is 7.17. The van der Waals surface area contributed by atoms with Gasteiger partial charge in [0.25, 0.3) is 0 Å². The van der Waals surface area contributed by atoms with Gasteiger partial charge < -0.3 is 20.4 Å². The van der Waals surface area contributed by atoms with Crippen molar-refractivity contribution in [2.24, 2.45) is 0 Å². The van der Waals surface area contributed by atoms with Crippen LogP contribution in [0.1, 0.15) is 25.0 Å². The van der Waals surface area contributed by atoms with Crippen LogP contribution in [0.3, 0.4) is 0 Å². The normalized spacial score (nSPS) is 17.0. The van der Waals surface area contributed by atoms with E-state index in [1.54, 1.807) is 19.1 Å². The van der Waals surface area contributed by atoms with E-state index in [0.717, 1.165) is 16.3 Å². The third-order valence-corrected chi connectivity index (χ3v) is 7.17. The molecule has 0 bridgehead atoms. The second kappa shape index (κ2) is 12.1. The summed E-state index contributed by atoms with van der Waals surface area (Å²) in [4.78, 5) is 54.9. The molecule has 0 spiro atoms. The highest BCUT2D eigenvalue weighted by atomic mass is 19.1. The molecule has 9 heteroatoms. The molecular formula is C30H33FN4O4. The Morgan fingerprint density at radius 2 is 1.62 bits per heavy atom. The van der Waals surface area contributed by atoms with Crippen LogP contribution in [0.15, 0.2) is 66.7 Å². The van der Waals surface area contributed by atoms with Crippen LogP contribution >= 0.6 is 0 Å². The topological polar surface area (TPSA) is 98.8 Å². The molecule has 0 aromatic heterocycles. The first-order chi connectivity index (χ1) is 18.7. The number of likely N-dealkylation sites (N-methyl/N-ethyl adjacent to an activating group) is 1. The number of carbonyl (C=O) groups excluding carboxylic acids is 4. The molecular weight excluding hydrogens is 499 g/mol. The summed E-state index contributed by atoms with van der Waals surface area (Å²) in [6.07, 6.45) is 0.485. The minimum atomic E-state index is -0.915. The molecule has 1 heterocycles. The molecule has 1 fully saturated rings. The molecule has 39 heavy (non-hydrogen) atoms. The first-order valence-corrected chi connectivity index (χ1v) is 13.0. The van der Waals surface area contributed by atoms with Crippen molar-refractivity contribution >= 4 is 34.4 Å². The van der Waals surface area contributed by atoms with Gasteiger partial charge in [0.05, 0.1) is 0 Å². The van der Waals surface area contributed by atoms with Gasteiger partial charge in [-0.05, 0) is 41.0 Å². The van der Waals surface area contributed by atoms with Crippen LogP contribution in [0, 0.1) is 5.82 Å². The average Bonchev–Trinajstić information content (AvgIpc) is 2.93. The Bertz CT molecular complexity index is 1380. The lowest BCUT2D eigenvalue weighted by Gasteiger charge is -2.43. The summed E-state index contributed by atoms with van der Waals surface area (Å²) in [6, 6.07) is 17.1. The fraction of sp³-hybridized carbons (Fsp3) is 0.333. The zero-order chi connectivity index (χ0) is 28.1. The van der Waals surface area contributed by atoms with E-state index in [4.69, 9.17) is 0 Å². The van der Waals surface area contributed by atoms with E-state index in [9.17, 15) is 23.6 Å². The number of amides is 4. The van der Waals surface area contributed by atoms with E-state index < -0.39 is 29.8 Å². The zero-order valence-electron chi connectivity index (χ0n) is 22.3. The number of benzene rings is 3. The van der Waals surface area contributed by atoms with Crippen LogP contribution in [0.5, 0.6) is 0 Å². The van der Waals surface area contributed by atoms with Crippen molar-refractivity contribution in [1.82, 2.24) is 20.4 Å².